The van der Waals surface area contributed by atoms with Crippen molar-refractivity contribution in [3.05, 3.63) is 161 Å². The minimum atomic E-state index is 0.575. The molecule has 6 aromatic carbocycles. The lowest BCUT2D eigenvalue weighted by Gasteiger charge is -2.16. The Morgan fingerprint density at radius 1 is 0.540 bits per heavy atom. The molecule has 0 N–H and O–H groups in total. The summed E-state index contributed by atoms with van der Waals surface area (Å²) in [5.74, 6) is 0. The normalized spacial score (nSPS) is 12.1. The van der Waals surface area contributed by atoms with E-state index in [4.69, 9.17) is 0 Å². The van der Waals surface area contributed by atoms with E-state index in [9.17, 15) is 15.8 Å². The molecule has 2 heterocycles. The highest BCUT2D eigenvalue weighted by molar-refractivity contribution is 6.10. The average Bonchev–Trinajstić information content (AvgIpc) is 3.70. The van der Waals surface area contributed by atoms with Gasteiger partial charge >= 0.3 is 0 Å². The summed E-state index contributed by atoms with van der Waals surface area (Å²) < 4.78 is 4.47. The number of benzene rings is 6. The summed E-state index contributed by atoms with van der Waals surface area (Å²) in [7, 11) is 0. The Morgan fingerprint density at radius 3 is 2.00 bits per heavy atom. The molecule has 1 aliphatic carbocycles. The van der Waals surface area contributed by atoms with Gasteiger partial charge in [-0.25, -0.2) is 0 Å². The summed E-state index contributed by atoms with van der Waals surface area (Å²) in [4.78, 5) is 0. The van der Waals surface area contributed by atoms with Crippen molar-refractivity contribution in [3.8, 4) is 51.8 Å². The van der Waals surface area contributed by atoms with Gasteiger partial charge in [0.1, 0.15) is 6.07 Å². The number of aromatic nitrogens is 2. The zero-order chi connectivity index (χ0) is 33.8. The Balaban J connectivity index is 1.12. The van der Waals surface area contributed by atoms with Crippen LogP contribution in [0, 0.1) is 34.0 Å². The summed E-state index contributed by atoms with van der Waals surface area (Å²) in [6.45, 7) is 0. The van der Waals surface area contributed by atoms with E-state index < -0.39 is 0 Å². The van der Waals surface area contributed by atoms with Gasteiger partial charge in [-0.15, -0.1) is 0 Å². The Kier molecular flexibility index (Phi) is 6.70. The van der Waals surface area contributed by atoms with Crippen molar-refractivity contribution in [2.45, 2.75) is 12.8 Å². The first kappa shape index (κ1) is 29.0. The van der Waals surface area contributed by atoms with Crippen molar-refractivity contribution in [3.63, 3.8) is 0 Å². The molecule has 0 amide bonds. The highest BCUT2D eigenvalue weighted by Crippen LogP contribution is 2.39. The molecule has 0 saturated carbocycles. The van der Waals surface area contributed by atoms with E-state index in [2.05, 4.69) is 112 Å². The summed E-state index contributed by atoms with van der Waals surface area (Å²) in [5, 5.41) is 32.8. The van der Waals surface area contributed by atoms with Crippen LogP contribution < -0.4 is 0 Å². The Hall–Kier alpha value is -7.13. The number of nitriles is 3. The van der Waals surface area contributed by atoms with Crippen LogP contribution in [0.1, 0.15) is 34.4 Å². The molecule has 232 valence electrons. The highest BCUT2D eigenvalue weighted by Gasteiger charge is 2.22. The quantitative estimate of drug-likeness (QED) is 0.193. The lowest BCUT2D eigenvalue weighted by Crippen LogP contribution is -2.02. The van der Waals surface area contributed by atoms with Gasteiger partial charge in [0.25, 0.3) is 0 Å². The minimum absolute atomic E-state index is 0.575. The van der Waals surface area contributed by atoms with Crippen LogP contribution in [0.4, 0.5) is 0 Å². The predicted molar refractivity (Wildman–Crippen MR) is 200 cm³/mol. The third kappa shape index (κ3) is 4.37. The van der Waals surface area contributed by atoms with Crippen LogP contribution in [0.2, 0.25) is 0 Å². The smallest absolute Gasteiger partial charge is 0.101 e. The zero-order valence-electron chi connectivity index (χ0n) is 26.9. The molecular formula is C45H27N5. The summed E-state index contributed by atoms with van der Waals surface area (Å²) in [6.07, 6.45) is 6.27. The topological polar surface area (TPSA) is 81.2 Å². The monoisotopic (exact) mass is 637 g/mol. The van der Waals surface area contributed by atoms with Crippen molar-refractivity contribution in [1.82, 2.24) is 9.13 Å². The van der Waals surface area contributed by atoms with Crippen molar-refractivity contribution >= 4 is 38.8 Å². The number of rotatable bonds is 4. The van der Waals surface area contributed by atoms with Crippen LogP contribution >= 0.6 is 0 Å². The van der Waals surface area contributed by atoms with Crippen molar-refractivity contribution < 1.29 is 0 Å². The molecule has 0 radical (unpaired) electrons. The molecular weight excluding hydrogens is 611 g/mol. The lowest BCUT2D eigenvalue weighted by atomic mass is 9.97. The number of hydrogen-bond acceptors (Lipinski definition) is 3. The first-order chi connectivity index (χ1) is 24.7. The van der Waals surface area contributed by atoms with E-state index in [0.717, 1.165) is 84.7 Å². The van der Waals surface area contributed by atoms with Crippen LogP contribution in [0.3, 0.4) is 0 Å². The molecule has 0 bridgehead atoms. The molecule has 0 unspecified atom stereocenters. The van der Waals surface area contributed by atoms with Gasteiger partial charge in [0.2, 0.25) is 0 Å². The molecule has 0 fully saturated rings. The molecule has 50 heavy (non-hydrogen) atoms. The summed E-state index contributed by atoms with van der Waals surface area (Å²) >= 11 is 0. The first-order valence-corrected chi connectivity index (χ1v) is 16.6. The molecule has 0 spiro atoms. The van der Waals surface area contributed by atoms with E-state index >= 15 is 0 Å². The van der Waals surface area contributed by atoms with Crippen LogP contribution in [-0.4, -0.2) is 9.13 Å². The van der Waals surface area contributed by atoms with Crippen LogP contribution in [0.15, 0.2) is 133 Å². The average molecular weight is 638 g/mol. The summed E-state index contributed by atoms with van der Waals surface area (Å²) in [5.41, 5.74) is 13.3. The SMILES string of the molecule is N#Cc1ccc2c(c1)c1ccccc1n2-c1c(C#N)cccc1-c1ccc(-c2ccc(-n3c4c(c5c(C#N)cccc53)C=CCC4)cc2)cc1. The van der Waals surface area contributed by atoms with E-state index in [1.807, 2.05) is 54.6 Å². The third-order valence-corrected chi connectivity index (χ3v) is 9.92. The number of hydrogen-bond donors (Lipinski definition) is 0. The molecule has 5 nitrogen and oxygen atoms in total. The maximum absolute atomic E-state index is 10.3. The highest BCUT2D eigenvalue weighted by atomic mass is 15.0. The minimum Gasteiger partial charge on any atom is -0.313 e. The molecule has 0 aliphatic heterocycles. The fraction of sp³-hybridized carbons (Fsp3) is 0.0444. The van der Waals surface area contributed by atoms with Crippen LogP contribution in [-0.2, 0) is 6.42 Å². The standard InChI is InChI=1S/C45H27N5/c46-26-29-15-24-42-39(25-29)37-9-1-3-12-40(37)50(42)45-34(28-48)8-5-11-36(45)32-18-16-30(17-19-32)31-20-22-35(23-21-31)49-41-13-4-2-10-38(41)44-33(27-47)7-6-14-43(44)49/h1-3,5-12,14-25H,4,13H2. The second-order valence-electron chi connectivity index (χ2n) is 12.6. The largest absolute Gasteiger partial charge is 0.313 e. The maximum atomic E-state index is 10.3. The molecule has 2 aromatic heterocycles. The van der Waals surface area contributed by atoms with E-state index in [0.29, 0.717) is 16.7 Å². The molecule has 0 atom stereocenters. The predicted octanol–water partition coefficient (Wildman–Crippen LogP) is 10.6. The Morgan fingerprint density at radius 2 is 1.22 bits per heavy atom. The van der Waals surface area contributed by atoms with Gasteiger partial charge in [0.15, 0.2) is 0 Å². The van der Waals surface area contributed by atoms with E-state index in [1.165, 1.54) is 5.69 Å². The second-order valence-corrected chi connectivity index (χ2v) is 12.6. The Bertz CT molecular complexity index is 2820. The van der Waals surface area contributed by atoms with Gasteiger partial charge in [-0.2, -0.15) is 15.8 Å². The van der Waals surface area contributed by atoms with Crippen molar-refractivity contribution in [2.24, 2.45) is 0 Å². The maximum Gasteiger partial charge on any atom is 0.101 e. The summed E-state index contributed by atoms with van der Waals surface area (Å²) in [6, 6.07) is 50.0. The number of fused-ring (bicyclic) bond motifs is 6. The van der Waals surface area contributed by atoms with Gasteiger partial charge in [-0.05, 0) is 84.1 Å². The van der Waals surface area contributed by atoms with Crippen LogP contribution in [0.5, 0.6) is 0 Å². The second kappa shape index (κ2) is 11.5. The Labute approximate surface area is 289 Å². The zero-order valence-corrected chi connectivity index (χ0v) is 26.9. The lowest BCUT2D eigenvalue weighted by molar-refractivity contribution is 0.888. The molecule has 8 aromatic rings. The van der Waals surface area contributed by atoms with Crippen molar-refractivity contribution in [2.75, 3.05) is 0 Å². The third-order valence-electron chi connectivity index (χ3n) is 9.92. The molecule has 0 saturated heterocycles. The molecule has 1 aliphatic rings. The van der Waals surface area contributed by atoms with Gasteiger partial charge in [-0.1, -0.05) is 84.9 Å². The number of nitrogens with zero attached hydrogens (tertiary/aromatic N) is 5. The van der Waals surface area contributed by atoms with Crippen molar-refractivity contribution in [1.29, 1.82) is 15.8 Å². The van der Waals surface area contributed by atoms with E-state index in [-0.39, 0.29) is 0 Å². The molecule has 5 heteroatoms. The molecule has 9 rings (SSSR count). The fourth-order valence-corrected chi connectivity index (χ4v) is 7.69. The first-order valence-electron chi connectivity index (χ1n) is 16.6. The van der Waals surface area contributed by atoms with Gasteiger partial charge in [0, 0.05) is 38.7 Å². The number of allylic oxidation sites excluding steroid dienone is 1. The van der Waals surface area contributed by atoms with Crippen LogP contribution in [0.25, 0.3) is 72.4 Å². The van der Waals surface area contributed by atoms with Gasteiger partial charge in [0.05, 0.1) is 51.1 Å². The van der Waals surface area contributed by atoms with Gasteiger partial charge in [-0.3, -0.25) is 0 Å². The fourth-order valence-electron chi connectivity index (χ4n) is 7.69. The number of para-hydroxylation sites is 2. The van der Waals surface area contributed by atoms with Gasteiger partial charge < -0.3 is 9.13 Å². The van der Waals surface area contributed by atoms with E-state index in [1.54, 1.807) is 0 Å².